The Hall–Kier alpha value is -2.81. The van der Waals surface area contributed by atoms with Gasteiger partial charge in [0.05, 0.1) is 18.8 Å². The second-order valence-electron chi connectivity index (χ2n) is 5.02. The third-order valence-corrected chi connectivity index (χ3v) is 3.41. The van der Waals surface area contributed by atoms with Gasteiger partial charge in [-0.25, -0.2) is 0 Å². The smallest absolute Gasteiger partial charge is 0.250 e. The summed E-state index contributed by atoms with van der Waals surface area (Å²) in [6.07, 6.45) is 1.70. The highest BCUT2D eigenvalue weighted by atomic mass is 16.5. The molecule has 0 unspecified atom stereocenters. The van der Waals surface area contributed by atoms with Gasteiger partial charge in [0.15, 0.2) is 5.82 Å². The summed E-state index contributed by atoms with van der Waals surface area (Å²) >= 11 is 0. The molecule has 0 atom stereocenters. The topological polar surface area (TPSA) is 86.8 Å². The Bertz CT molecular complexity index is 738. The first-order chi connectivity index (χ1) is 11.3. The number of benzene rings is 1. The molecule has 23 heavy (non-hydrogen) atoms. The SMILES string of the molecule is COCCn1cnnc1CN(C)c1nnnn1-c1ccccc1. The summed E-state index contributed by atoms with van der Waals surface area (Å²) in [4.78, 5) is 1.93. The van der Waals surface area contributed by atoms with Gasteiger partial charge in [-0.2, -0.15) is 4.68 Å². The minimum Gasteiger partial charge on any atom is -0.383 e. The lowest BCUT2D eigenvalue weighted by atomic mass is 10.3. The molecule has 2 aromatic heterocycles. The zero-order valence-corrected chi connectivity index (χ0v) is 13.1. The zero-order chi connectivity index (χ0) is 16.1. The Morgan fingerprint density at radius 1 is 1.17 bits per heavy atom. The molecule has 9 heteroatoms. The summed E-state index contributed by atoms with van der Waals surface area (Å²) in [5.74, 6) is 1.46. The molecule has 0 aliphatic rings. The third kappa shape index (κ3) is 3.34. The van der Waals surface area contributed by atoms with Crippen LogP contribution in [-0.2, 0) is 17.8 Å². The summed E-state index contributed by atoms with van der Waals surface area (Å²) in [6.45, 7) is 1.85. The standard InChI is InChI=1S/C14H18N8O/c1-20(10-13-16-15-11-21(13)8-9-23-2)14-17-18-19-22(14)12-6-4-3-5-7-12/h3-7,11H,8-10H2,1-2H3. The average molecular weight is 314 g/mol. The fraction of sp³-hybridized carbons (Fsp3) is 0.357. The molecule has 3 aromatic rings. The van der Waals surface area contributed by atoms with Gasteiger partial charge in [0.1, 0.15) is 6.33 Å². The van der Waals surface area contributed by atoms with E-state index < -0.39 is 0 Å². The van der Waals surface area contributed by atoms with E-state index in [0.29, 0.717) is 25.6 Å². The summed E-state index contributed by atoms with van der Waals surface area (Å²) in [7, 11) is 3.59. The van der Waals surface area contributed by atoms with Crippen molar-refractivity contribution in [2.75, 3.05) is 25.7 Å². The van der Waals surface area contributed by atoms with Gasteiger partial charge in [-0.15, -0.1) is 10.2 Å². The van der Waals surface area contributed by atoms with Crippen LogP contribution in [0.25, 0.3) is 5.69 Å². The van der Waals surface area contributed by atoms with Crippen LogP contribution in [0.3, 0.4) is 0 Å². The van der Waals surface area contributed by atoms with E-state index in [0.717, 1.165) is 11.5 Å². The van der Waals surface area contributed by atoms with E-state index in [1.165, 1.54) is 0 Å². The molecule has 2 heterocycles. The van der Waals surface area contributed by atoms with E-state index in [-0.39, 0.29) is 0 Å². The monoisotopic (exact) mass is 314 g/mol. The molecular formula is C14H18N8O. The first-order valence-corrected chi connectivity index (χ1v) is 7.20. The number of hydrogen-bond acceptors (Lipinski definition) is 7. The van der Waals surface area contributed by atoms with Crippen molar-refractivity contribution in [3.63, 3.8) is 0 Å². The summed E-state index contributed by atoms with van der Waals surface area (Å²) in [6, 6.07) is 9.75. The van der Waals surface area contributed by atoms with Crippen LogP contribution in [0.5, 0.6) is 0 Å². The Labute approximate surface area is 133 Å². The van der Waals surface area contributed by atoms with E-state index >= 15 is 0 Å². The van der Waals surface area contributed by atoms with E-state index in [9.17, 15) is 0 Å². The van der Waals surface area contributed by atoms with Crippen molar-refractivity contribution >= 4 is 5.95 Å². The number of anilines is 1. The van der Waals surface area contributed by atoms with Crippen molar-refractivity contribution in [1.29, 1.82) is 0 Å². The first kappa shape index (κ1) is 15.1. The van der Waals surface area contributed by atoms with Gasteiger partial charge in [-0.1, -0.05) is 23.3 Å². The maximum Gasteiger partial charge on any atom is 0.250 e. The molecule has 0 aliphatic heterocycles. The minimum atomic E-state index is 0.539. The molecule has 0 amide bonds. The third-order valence-electron chi connectivity index (χ3n) is 3.41. The molecule has 0 N–H and O–H groups in total. The zero-order valence-electron chi connectivity index (χ0n) is 13.1. The molecule has 0 bridgehead atoms. The number of tetrazole rings is 1. The fourth-order valence-electron chi connectivity index (χ4n) is 2.22. The van der Waals surface area contributed by atoms with Gasteiger partial charge in [-0.3, -0.25) is 0 Å². The van der Waals surface area contributed by atoms with Crippen molar-refractivity contribution < 1.29 is 4.74 Å². The molecule has 0 saturated heterocycles. The van der Waals surface area contributed by atoms with E-state index in [2.05, 4.69) is 25.7 Å². The van der Waals surface area contributed by atoms with E-state index in [4.69, 9.17) is 4.74 Å². The lowest BCUT2D eigenvalue weighted by molar-refractivity contribution is 0.186. The van der Waals surface area contributed by atoms with Gasteiger partial charge in [0.25, 0.3) is 5.95 Å². The molecule has 0 fully saturated rings. The van der Waals surface area contributed by atoms with Crippen LogP contribution in [0.4, 0.5) is 5.95 Å². The van der Waals surface area contributed by atoms with E-state index in [1.807, 2.05) is 46.8 Å². The second kappa shape index (κ2) is 6.97. The number of hydrogen-bond donors (Lipinski definition) is 0. The van der Waals surface area contributed by atoms with Gasteiger partial charge >= 0.3 is 0 Å². The summed E-state index contributed by atoms with van der Waals surface area (Å²) in [5, 5.41) is 20.1. The first-order valence-electron chi connectivity index (χ1n) is 7.20. The van der Waals surface area contributed by atoms with Gasteiger partial charge in [-0.05, 0) is 22.6 Å². The van der Waals surface area contributed by atoms with Crippen molar-refractivity contribution in [3.05, 3.63) is 42.5 Å². The van der Waals surface area contributed by atoms with Crippen LogP contribution < -0.4 is 4.90 Å². The normalized spacial score (nSPS) is 10.9. The Morgan fingerprint density at radius 2 is 2.00 bits per heavy atom. The summed E-state index contributed by atoms with van der Waals surface area (Å²) < 4.78 is 8.74. The highest BCUT2D eigenvalue weighted by molar-refractivity contribution is 5.39. The largest absolute Gasteiger partial charge is 0.383 e. The molecule has 9 nitrogen and oxygen atoms in total. The molecular weight excluding hydrogens is 296 g/mol. The highest BCUT2D eigenvalue weighted by Gasteiger charge is 2.15. The maximum atomic E-state index is 5.10. The van der Waals surface area contributed by atoms with Crippen LogP contribution in [-0.4, -0.2) is 55.7 Å². The van der Waals surface area contributed by atoms with Gasteiger partial charge in [0, 0.05) is 20.7 Å². The number of ether oxygens (including phenoxy) is 1. The molecule has 0 aliphatic carbocycles. The van der Waals surface area contributed by atoms with Crippen LogP contribution in [0.2, 0.25) is 0 Å². The lowest BCUT2D eigenvalue weighted by Crippen LogP contribution is -2.23. The van der Waals surface area contributed by atoms with Crippen LogP contribution in [0.15, 0.2) is 36.7 Å². The lowest BCUT2D eigenvalue weighted by Gasteiger charge is -2.17. The molecule has 120 valence electrons. The summed E-state index contributed by atoms with van der Waals surface area (Å²) in [5.41, 5.74) is 0.903. The predicted octanol–water partition coefficient (Wildman–Crippen LogP) is 0.537. The van der Waals surface area contributed by atoms with Gasteiger partial charge < -0.3 is 14.2 Å². The maximum absolute atomic E-state index is 5.10. The fourth-order valence-corrected chi connectivity index (χ4v) is 2.22. The number of methoxy groups -OCH3 is 1. The van der Waals surface area contributed by atoms with Crippen molar-refractivity contribution in [2.24, 2.45) is 0 Å². The van der Waals surface area contributed by atoms with E-state index in [1.54, 1.807) is 18.1 Å². The molecule has 0 saturated carbocycles. The van der Waals surface area contributed by atoms with Gasteiger partial charge in [0.2, 0.25) is 0 Å². The molecule has 1 aromatic carbocycles. The predicted molar refractivity (Wildman–Crippen MR) is 83.2 cm³/mol. The Balaban J connectivity index is 1.79. The van der Waals surface area contributed by atoms with Crippen LogP contribution in [0, 0.1) is 0 Å². The van der Waals surface area contributed by atoms with Crippen LogP contribution >= 0.6 is 0 Å². The average Bonchev–Trinajstić information content (AvgIpc) is 3.23. The number of rotatable bonds is 7. The highest BCUT2D eigenvalue weighted by Crippen LogP contribution is 2.15. The number of para-hydroxylation sites is 1. The number of nitrogens with zero attached hydrogens (tertiary/aromatic N) is 8. The minimum absolute atomic E-state index is 0.539. The van der Waals surface area contributed by atoms with Crippen molar-refractivity contribution in [2.45, 2.75) is 13.1 Å². The second-order valence-corrected chi connectivity index (χ2v) is 5.02. The number of aromatic nitrogens is 7. The van der Waals surface area contributed by atoms with Crippen molar-refractivity contribution in [1.82, 2.24) is 35.0 Å². The Morgan fingerprint density at radius 3 is 2.78 bits per heavy atom. The van der Waals surface area contributed by atoms with Crippen LogP contribution in [0.1, 0.15) is 5.82 Å². The Kier molecular flexibility index (Phi) is 4.57. The molecule has 3 rings (SSSR count). The van der Waals surface area contributed by atoms with Crippen molar-refractivity contribution in [3.8, 4) is 5.69 Å². The quantitative estimate of drug-likeness (QED) is 0.629. The molecule has 0 radical (unpaired) electrons. The molecule has 0 spiro atoms.